The molecule has 0 radical (unpaired) electrons. The van der Waals surface area contributed by atoms with Crippen LogP contribution in [0.1, 0.15) is 12.7 Å². The van der Waals surface area contributed by atoms with E-state index < -0.39 is 30.3 Å². The SMILES string of the molecule is C/C(=C(/C#N)C(=O)NC[C@H]1OC[C@H](O)[C@@H](O)[C@@H]1O)c1ccc(-c2ccc3cc(N4CCN(C)CC4)ccc3c2)o1. The van der Waals surface area contributed by atoms with Gasteiger partial charge in [0.2, 0.25) is 0 Å². The summed E-state index contributed by atoms with van der Waals surface area (Å²) >= 11 is 0. The van der Waals surface area contributed by atoms with Gasteiger partial charge in [-0.2, -0.15) is 5.26 Å². The lowest BCUT2D eigenvalue weighted by Gasteiger charge is -2.35. The Kier molecular flexibility index (Phi) is 8.21. The number of fused-ring (bicyclic) bond motifs is 1. The highest BCUT2D eigenvalue weighted by Crippen LogP contribution is 2.31. The number of likely N-dealkylation sites (N-methyl/N-ethyl adjacent to an activating group) is 1. The zero-order valence-corrected chi connectivity index (χ0v) is 22.6. The summed E-state index contributed by atoms with van der Waals surface area (Å²) in [5.41, 5.74) is 2.33. The van der Waals surface area contributed by atoms with Gasteiger partial charge in [-0.05, 0) is 55.1 Å². The van der Waals surface area contributed by atoms with Crippen molar-refractivity contribution in [3.8, 4) is 17.4 Å². The number of hydrogen-bond acceptors (Lipinski definition) is 9. The van der Waals surface area contributed by atoms with Crippen LogP contribution in [0, 0.1) is 11.3 Å². The Bertz CT molecular complexity index is 1450. The van der Waals surface area contributed by atoms with E-state index in [1.807, 2.05) is 18.2 Å². The Hall–Kier alpha value is -3.72. The maximum atomic E-state index is 12.8. The highest BCUT2D eigenvalue weighted by molar-refractivity contribution is 6.04. The van der Waals surface area contributed by atoms with E-state index in [4.69, 9.17) is 9.15 Å². The summed E-state index contributed by atoms with van der Waals surface area (Å²) < 4.78 is 11.4. The van der Waals surface area contributed by atoms with Crippen LogP contribution >= 0.6 is 0 Å². The van der Waals surface area contributed by atoms with Crippen LogP contribution < -0.4 is 10.2 Å². The fourth-order valence-electron chi connectivity index (χ4n) is 5.10. The normalized spacial score (nSPS) is 24.4. The Morgan fingerprint density at radius 2 is 1.75 bits per heavy atom. The van der Waals surface area contributed by atoms with E-state index >= 15 is 0 Å². The minimum absolute atomic E-state index is 0.137. The van der Waals surface area contributed by atoms with Gasteiger partial charge < -0.3 is 39.6 Å². The number of furan rings is 1. The lowest BCUT2D eigenvalue weighted by Crippen LogP contribution is -2.56. The summed E-state index contributed by atoms with van der Waals surface area (Å²) in [5, 5.41) is 44.0. The molecular weight excluding hydrogens is 512 g/mol. The molecule has 1 amide bonds. The van der Waals surface area contributed by atoms with Crippen molar-refractivity contribution < 1.29 is 29.3 Å². The Morgan fingerprint density at radius 3 is 2.50 bits per heavy atom. The van der Waals surface area contributed by atoms with Crippen LogP contribution in [0.5, 0.6) is 0 Å². The second kappa shape index (κ2) is 11.8. The molecule has 4 atom stereocenters. The number of nitrogens with one attached hydrogen (secondary N) is 1. The summed E-state index contributed by atoms with van der Waals surface area (Å²) in [6.07, 6.45) is -4.86. The molecule has 2 aliphatic heterocycles. The molecule has 0 spiro atoms. The van der Waals surface area contributed by atoms with Crippen molar-refractivity contribution in [2.75, 3.05) is 51.3 Å². The molecule has 210 valence electrons. The number of allylic oxidation sites excluding steroid dienone is 1. The lowest BCUT2D eigenvalue weighted by atomic mass is 10.00. The molecule has 3 aromatic rings. The summed E-state index contributed by atoms with van der Waals surface area (Å²) in [4.78, 5) is 17.5. The zero-order chi connectivity index (χ0) is 28.4. The number of rotatable bonds is 6. The molecule has 1 aromatic heterocycles. The molecule has 10 nitrogen and oxygen atoms in total. The van der Waals surface area contributed by atoms with Crippen LogP contribution in [0.3, 0.4) is 0 Å². The van der Waals surface area contributed by atoms with E-state index in [1.165, 1.54) is 5.69 Å². The van der Waals surface area contributed by atoms with Crippen LogP contribution in [0.15, 0.2) is 58.5 Å². The van der Waals surface area contributed by atoms with Gasteiger partial charge in [0.1, 0.15) is 47.6 Å². The molecule has 0 saturated carbocycles. The van der Waals surface area contributed by atoms with E-state index in [2.05, 4.69) is 52.5 Å². The van der Waals surface area contributed by atoms with Crippen LogP contribution in [-0.4, -0.2) is 96.9 Å². The van der Waals surface area contributed by atoms with E-state index in [1.54, 1.807) is 13.0 Å². The zero-order valence-electron chi connectivity index (χ0n) is 22.6. The second-order valence-electron chi connectivity index (χ2n) is 10.4. The van der Waals surface area contributed by atoms with Gasteiger partial charge >= 0.3 is 0 Å². The first-order chi connectivity index (χ1) is 19.2. The minimum atomic E-state index is -1.38. The number of aliphatic hydroxyl groups is 3. The van der Waals surface area contributed by atoms with E-state index in [-0.39, 0.29) is 18.7 Å². The van der Waals surface area contributed by atoms with Gasteiger partial charge in [-0.25, -0.2) is 0 Å². The number of nitrogens with zero attached hydrogens (tertiary/aromatic N) is 3. The maximum absolute atomic E-state index is 12.8. The second-order valence-corrected chi connectivity index (χ2v) is 10.4. The number of hydrogen-bond donors (Lipinski definition) is 4. The number of benzene rings is 2. The maximum Gasteiger partial charge on any atom is 0.262 e. The van der Waals surface area contributed by atoms with Crippen LogP contribution in [0.2, 0.25) is 0 Å². The molecule has 40 heavy (non-hydrogen) atoms. The first-order valence-corrected chi connectivity index (χ1v) is 13.4. The summed E-state index contributed by atoms with van der Waals surface area (Å²) in [7, 11) is 2.15. The van der Waals surface area contributed by atoms with E-state index in [9.17, 15) is 25.4 Å². The van der Waals surface area contributed by atoms with Crippen molar-refractivity contribution in [1.82, 2.24) is 10.2 Å². The molecular formula is C30H34N4O6. The van der Waals surface area contributed by atoms with Crippen molar-refractivity contribution in [2.24, 2.45) is 0 Å². The van der Waals surface area contributed by atoms with Gasteiger partial charge in [0, 0.05) is 49.5 Å². The lowest BCUT2D eigenvalue weighted by molar-refractivity contribution is -0.185. The van der Waals surface area contributed by atoms with Crippen LogP contribution in [0.4, 0.5) is 5.69 Å². The van der Waals surface area contributed by atoms with Crippen molar-refractivity contribution in [2.45, 2.75) is 31.3 Å². The summed E-state index contributed by atoms with van der Waals surface area (Å²) in [6.45, 7) is 5.44. The molecule has 0 aliphatic carbocycles. The van der Waals surface area contributed by atoms with Gasteiger partial charge in [0.25, 0.3) is 5.91 Å². The van der Waals surface area contributed by atoms with Crippen molar-refractivity contribution in [3.05, 3.63) is 59.9 Å². The monoisotopic (exact) mass is 546 g/mol. The fourth-order valence-corrected chi connectivity index (χ4v) is 5.10. The molecule has 2 aromatic carbocycles. The average molecular weight is 547 g/mol. The number of anilines is 1. The van der Waals surface area contributed by atoms with Gasteiger partial charge in [0.05, 0.1) is 6.61 Å². The third-order valence-corrected chi connectivity index (χ3v) is 7.74. The molecule has 2 aliphatic rings. The highest BCUT2D eigenvalue weighted by Gasteiger charge is 2.37. The first-order valence-electron chi connectivity index (χ1n) is 13.4. The van der Waals surface area contributed by atoms with Gasteiger partial charge in [0.15, 0.2) is 0 Å². The number of carbonyl (C=O) groups excluding carboxylic acids is 1. The third-order valence-electron chi connectivity index (χ3n) is 7.74. The van der Waals surface area contributed by atoms with Crippen molar-refractivity contribution in [3.63, 3.8) is 0 Å². The predicted octanol–water partition coefficient (Wildman–Crippen LogP) is 1.75. The molecule has 0 bridgehead atoms. The largest absolute Gasteiger partial charge is 0.456 e. The van der Waals surface area contributed by atoms with Gasteiger partial charge in [-0.3, -0.25) is 4.79 Å². The van der Waals surface area contributed by atoms with Crippen molar-refractivity contribution >= 4 is 27.9 Å². The third kappa shape index (κ3) is 5.75. The topological polar surface area (TPSA) is 142 Å². The smallest absolute Gasteiger partial charge is 0.262 e. The number of aliphatic hydroxyl groups excluding tert-OH is 3. The average Bonchev–Trinajstić information content (AvgIpc) is 3.46. The Balaban J connectivity index is 1.29. The minimum Gasteiger partial charge on any atom is -0.456 e. The van der Waals surface area contributed by atoms with Gasteiger partial charge in [-0.15, -0.1) is 0 Å². The highest BCUT2D eigenvalue weighted by atomic mass is 16.5. The van der Waals surface area contributed by atoms with E-state index in [0.29, 0.717) is 17.1 Å². The molecule has 5 rings (SSSR count). The first kappa shape index (κ1) is 27.8. The predicted molar refractivity (Wildman–Crippen MR) is 150 cm³/mol. The van der Waals surface area contributed by atoms with Crippen molar-refractivity contribution in [1.29, 1.82) is 5.26 Å². The number of piperazine rings is 1. The molecule has 4 N–H and O–H groups in total. The number of carbonyl (C=O) groups is 1. The van der Waals surface area contributed by atoms with Crippen LogP contribution in [0.25, 0.3) is 27.7 Å². The summed E-state index contributed by atoms with van der Waals surface area (Å²) in [6, 6.07) is 18.1. The van der Waals surface area contributed by atoms with E-state index in [0.717, 1.165) is 42.5 Å². The number of amides is 1. The Labute approximate surface area is 232 Å². The standard InChI is InChI=1S/C30H34N4O6/c1-18(23(15-31)30(38)32-16-27-29(37)28(36)24(35)17-39-27)25-7-8-26(40-25)21-4-3-20-14-22(6-5-19(20)13-21)34-11-9-33(2)10-12-34/h3-8,13-14,24,27-29,35-37H,9-12,16-17H2,1-2H3,(H,32,38)/b23-18+/t24-,27+,28+,29+/m0/s1. The Morgan fingerprint density at radius 1 is 1.02 bits per heavy atom. The quantitative estimate of drug-likeness (QED) is 0.269. The number of ether oxygens (including phenoxy) is 1. The van der Waals surface area contributed by atoms with Gasteiger partial charge in [-0.1, -0.05) is 18.2 Å². The molecule has 2 saturated heterocycles. The fraction of sp³-hybridized carbons (Fsp3) is 0.400. The molecule has 3 heterocycles. The number of nitriles is 1. The molecule has 0 unspecified atom stereocenters. The van der Waals surface area contributed by atoms with Crippen LogP contribution in [-0.2, 0) is 9.53 Å². The molecule has 10 heteroatoms. The summed E-state index contributed by atoms with van der Waals surface area (Å²) in [5.74, 6) is 0.347. The molecule has 2 fully saturated rings.